The molecule has 0 amide bonds. The van der Waals surface area contributed by atoms with Crippen molar-refractivity contribution < 1.29 is 19.0 Å². The summed E-state index contributed by atoms with van der Waals surface area (Å²) >= 11 is 6.83. The average Bonchev–Trinajstić information content (AvgIpc) is 3.28. The number of phenols is 1. The van der Waals surface area contributed by atoms with Gasteiger partial charge in [0.1, 0.15) is 29.8 Å². The Morgan fingerprint density at radius 1 is 1.10 bits per heavy atom. The van der Waals surface area contributed by atoms with Crippen molar-refractivity contribution in [1.29, 1.82) is 0 Å². The van der Waals surface area contributed by atoms with E-state index in [4.69, 9.17) is 26.1 Å². The quantitative estimate of drug-likeness (QED) is 0.365. The lowest BCUT2D eigenvalue weighted by molar-refractivity contribution is -0.0416. The maximum Gasteiger partial charge on any atom is 0.319 e. The zero-order valence-electron chi connectivity index (χ0n) is 22.2. The summed E-state index contributed by atoms with van der Waals surface area (Å²) in [6.07, 6.45) is 2.08. The monoisotopic (exact) mass is 563 g/mol. The van der Waals surface area contributed by atoms with E-state index < -0.39 is 5.82 Å². The number of phenolic OH excluding ortho intramolecular Hbond substituents is 1. The second-order valence-electron chi connectivity index (χ2n) is 11.1. The van der Waals surface area contributed by atoms with Gasteiger partial charge in [-0.15, -0.1) is 0 Å². The summed E-state index contributed by atoms with van der Waals surface area (Å²) in [6, 6.07) is 13.3. The SMILES string of the molecule is CN1CCO[C@@H](COc2nc(N3CC4CCC(C3)N4)c3cc(Cl)c(-c4cc(O)cc5ccccc45)c(F)c3n2)C1. The van der Waals surface area contributed by atoms with E-state index >= 15 is 4.39 Å². The van der Waals surface area contributed by atoms with Crippen LogP contribution in [0.1, 0.15) is 12.8 Å². The summed E-state index contributed by atoms with van der Waals surface area (Å²) in [6.45, 7) is 4.03. The highest BCUT2D eigenvalue weighted by Gasteiger charge is 2.34. The molecule has 8 nitrogen and oxygen atoms in total. The summed E-state index contributed by atoms with van der Waals surface area (Å²) in [4.78, 5) is 13.8. The van der Waals surface area contributed by atoms with Crippen LogP contribution >= 0.6 is 11.6 Å². The molecule has 1 aromatic heterocycles. The topological polar surface area (TPSA) is 83.0 Å². The number of nitrogens with one attached hydrogen (secondary N) is 1. The highest BCUT2D eigenvalue weighted by molar-refractivity contribution is 6.35. The van der Waals surface area contributed by atoms with Crippen molar-refractivity contribution in [2.75, 3.05) is 51.3 Å². The van der Waals surface area contributed by atoms with Gasteiger partial charge in [-0.25, -0.2) is 4.39 Å². The van der Waals surface area contributed by atoms with E-state index in [1.807, 2.05) is 31.3 Å². The Morgan fingerprint density at radius 3 is 2.70 bits per heavy atom. The van der Waals surface area contributed by atoms with Crippen LogP contribution in [0.4, 0.5) is 10.2 Å². The van der Waals surface area contributed by atoms with Gasteiger partial charge >= 0.3 is 6.01 Å². The Balaban J connectivity index is 1.36. The maximum atomic E-state index is 16.6. The number of aromatic hydroxyl groups is 1. The molecule has 2 N–H and O–H groups in total. The summed E-state index contributed by atoms with van der Waals surface area (Å²) < 4.78 is 28.6. The molecule has 3 saturated heterocycles. The first kappa shape index (κ1) is 25.7. The minimum atomic E-state index is -0.571. The molecule has 0 radical (unpaired) electrons. The van der Waals surface area contributed by atoms with Gasteiger partial charge in [0.15, 0.2) is 5.82 Å². The molecule has 7 rings (SSSR count). The standard InChI is InChI=1S/C30H31ClFN5O3/c1-36-8-9-39-21(15-36)16-40-30-34-28-24(29(35-30)37-13-18-6-7-19(14-37)33-18)12-25(31)26(27(28)32)23-11-20(38)10-17-4-2-3-5-22(17)23/h2-5,10-12,18-19,21,33,38H,6-9,13-16H2,1H3/t18?,19?,21-/m1/s1. The van der Waals surface area contributed by atoms with E-state index in [9.17, 15) is 5.11 Å². The summed E-state index contributed by atoms with van der Waals surface area (Å²) in [7, 11) is 2.05. The van der Waals surface area contributed by atoms with Gasteiger partial charge < -0.3 is 29.7 Å². The number of fused-ring (bicyclic) bond motifs is 4. The van der Waals surface area contributed by atoms with Gasteiger partial charge in [-0.2, -0.15) is 9.97 Å². The predicted octanol–water partition coefficient (Wildman–Crippen LogP) is 4.60. The van der Waals surface area contributed by atoms with E-state index in [2.05, 4.69) is 20.1 Å². The first-order chi connectivity index (χ1) is 19.4. The van der Waals surface area contributed by atoms with Crippen LogP contribution in [0.15, 0.2) is 42.5 Å². The number of nitrogens with zero attached hydrogens (tertiary/aromatic N) is 4. The molecule has 0 spiro atoms. The smallest absolute Gasteiger partial charge is 0.319 e. The summed E-state index contributed by atoms with van der Waals surface area (Å²) in [5.74, 6) is 0.0807. The molecule has 3 aliphatic heterocycles. The molecule has 40 heavy (non-hydrogen) atoms. The minimum absolute atomic E-state index is 0.0328. The van der Waals surface area contributed by atoms with E-state index in [1.54, 1.807) is 18.2 Å². The van der Waals surface area contributed by atoms with E-state index in [0.717, 1.165) is 49.8 Å². The van der Waals surface area contributed by atoms with E-state index in [0.29, 0.717) is 35.5 Å². The molecule has 3 atom stereocenters. The van der Waals surface area contributed by atoms with Crippen LogP contribution in [-0.2, 0) is 4.74 Å². The third-order valence-electron chi connectivity index (χ3n) is 8.21. The van der Waals surface area contributed by atoms with Crippen molar-refractivity contribution >= 4 is 39.1 Å². The molecule has 2 bridgehead atoms. The lowest BCUT2D eigenvalue weighted by Gasteiger charge is -2.34. The Kier molecular flexibility index (Phi) is 6.62. The van der Waals surface area contributed by atoms with Gasteiger partial charge in [0.2, 0.25) is 0 Å². The fourth-order valence-corrected chi connectivity index (χ4v) is 6.61. The number of halogens is 2. The summed E-state index contributed by atoms with van der Waals surface area (Å²) in [5, 5.41) is 16.4. The largest absolute Gasteiger partial charge is 0.508 e. The number of anilines is 1. The molecule has 4 aromatic rings. The normalized spacial score (nSPS) is 23.3. The molecular weight excluding hydrogens is 533 g/mol. The minimum Gasteiger partial charge on any atom is -0.508 e. The summed E-state index contributed by atoms with van der Waals surface area (Å²) in [5.41, 5.74) is 0.829. The molecule has 208 valence electrons. The number of ether oxygens (including phenoxy) is 2. The molecular formula is C30H31ClFN5O3. The van der Waals surface area contributed by atoms with Crippen LogP contribution in [-0.4, -0.2) is 84.6 Å². The van der Waals surface area contributed by atoms with Crippen LogP contribution in [0.5, 0.6) is 11.8 Å². The number of likely N-dealkylation sites (N-methyl/N-ethyl adjacent to an activating group) is 1. The van der Waals surface area contributed by atoms with E-state index in [-0.39, 0.29) is 40.6 Å². The average molecular weight is 564 g/mol. The first-order valence-corrected chi connectivity index (χ1v) is 14.2. The van der Waals surface area contributed by atoms with Gasteiger partial charge in [0.05, 0.1) is 11.6 Å². The molecule has 3 fully saturated rings. The Labute approximate surface area is 236 Å². The Morgan fingerprint density at radius 2 is 1.90 bits per heavy atom. The van der Waals surface area contributed by atoms with Crippen LogP contribution in [0.3, 0.4) is 0 Å². The zero-order chi connectivity index (χ0) is 27.4. The lowest BCUT2D eigenvalue weighted by atomic mass is 9.96. The molecule has 3 aromatic carbocycles. The molecule has 0 aliphatic carbocycles. The first-order valence-electron chi connectivity index (χ1n) is 13.8. The van der Waals surface area contributed by atoms with Gasteiger partial charge in [-0.1, -0.05) is 35.9 Å². The van der Waals surface area contributed by atoms with Crippen molar-refractivity contribution in [3.05, 3.63) is 53.3 Å². The lowest BCUT2D eigenvalue weighted by Crippen LogP contribution is -2.51. The molecule has 4 heterocycles. The van der Waals surface area contributed by atoms with Crippen LogP contribution < -0.4 is 15.0 Å². The van der Waals surface area contributed by atoms with Crippen molar-refractivity contribution in [2.45, 2.75) is 31.0 Å². The van der Waals surface area contributed by atoms with Crippen LogP contribution in [0.25, 0.3) is 32.8 Å². The van der Waals surface area contributed by atoms with E-state index in [1.165, 1.54) is 0 Å². The number of hydrogen-bond acceptors (Lipinski definition) is 8. The second kappa shape index (κ2) is 10.3. The third-order valence-corrected chi connectivity index (χ3v) is 8.51. The number of benzene rings is 3. The Hall–Kier alpha value is -3.24. The number of piperazine rings is 1. The number of hydrogen-bond donors (Lipinski definition) is 2. The zero-order valence-corrected chi connectivity index (χ0v) is 23.0. The van der Waals surface area contributed by atoms with Crippen molar-refractivity contribution in [3.63, 3.8) is 0 Å². The predicted molar refractivity (Wildman–Crippen MR) is 154 cm³/mol. The van der Waals surface area contributed by atoms with Crippen molar-refractivity contribution in [2.24, 2.45) is 0 Å². The van der Waals surface area contributed by atoms with Gasteiger partial charge in [0.25, 0.3) is 0 Å². The second-order valence-corrected chi connectivity index (χ2v) is 11.5. The highest BCUT2D eigenvalue weighted by Crippen LogP contribution is 2.42. The maximum absolute atomic E-state index is 16.6. The van der Waals surface area contributed by atoms with Crippen molar-refractivity contribution in [3.8, 4) is 22.9 Å². The van der Waals surface area contributed by atoms with Gasteiger partial charge in [-0.3, -0.25) is 0 Å². The fourth-order valence-electron chi connectivity index (χ4n) is 6.32. The molecule has 3 aliphatic rings. The molecule has 2 unspecified atom stereocenters. The third kappa shape index (κ3) is 4.71. The highest BCUT2D eigenvalue weighted by atomic mass is 35.5. The Bertz CT molecular complexity index is 1590. The molecule has 10 heteroatoms. The van der Waals surface area contributed by atoms with Crippen LogP contribution in [0, 0.1) is 5.82 Å². The number of morpholine rings is 1. The van der Waals surface area contributed by atoms with Gasteiger partial charge in [-0.05, 0) is 54.4 Å². The fraction of sp³-hybridized carbons (Fsp3) is 0.400. The molecule has 0 saturated carbocycles. The van der Waals surface area contributed by atoms with Gasteiger partial charge in [0, 0.05) is 49.2 Å². The van der Waals surface area contributed by atoms with Crippen molar-refractivity contribution in [1.82, 2.24) is 20.2 Å². The number of aromatic nitrogens is 2. The van der Waals surface area contributed by atoms with Crippen LogP contribution in [0.2, 0.25) is 5.02 Å². The number of rotatable bonds is 5.